The van der Waals surface area contributed by atoms with E-state index < -0.39 is 0 Å². The van der Waals surface area contributed by atoms with Gasteiger partial charge in [-0.2, -0.15) is 0 Å². The molecule has 0 saturated heterocycles. The molecule has 0 fully saturated rings. The molecule has 2 aromatic rings. The van der Waals surface area contributed by atoms with Crippen LogP contribution in [0.1, 0.15) is 11.1 Å². The molecule has 1 N–H and O–H groups in total. The Kier molecular flexibility index (Phi) is 4.06. The van der Waals surface area contributed by atoms with Crippen LogP contribution in [0.3, 0.4) is 0 Å². The number of para-hydroxylation sites is 1. The van der Waals surface area contributed by atoms with E-state index in [2.05, 4.69) is 11.4 Å². The summed E-state index contributed by atoms with van der Waals surface area (Å²) in [5.74, 6) is 0.923. The highest BCUT2D eigenvalue weighted by Gasteiger charge is 2.19. The Hall–Kier alpha value is -2.07. The van der Waals surface area contributed by atoms with Gasteiger partial charge in [0, 0.05) is 18.2 Å². The molecule has 2 aromatic carbocycles. The smallest absolute Gasteiger partial charge is 0.169 e. The van der Waals surface area contributed by atoms with E-state index in [1.54, 1.807) is 18.2 Å². The van der Waals surface area contributed by atoms with Crippen LogP contribution in [0.25, 0.3) is 0 Å². The molecule has 4 heteroatoms. The summed E-state index contributed by atoms with van der Waals surface area (Å²) in [6.45, 7) is 1.06. The van der Waals surface area contributed by atoms with E-state index in [0.29, 0.717) is 18.7 Å². The van der Waals surface area contributed by atoms with Gasteiger partial charge in [-0.15, -0.1) is 0 Å². The van der Waals surface area contributed by atoms with Crippen LogP contribution in [-0.2, 0) is 13.0 Å². The van der Waals surface area contributed by atoms with Crippen molar-refractivity contribution in [1.29, 1.82) is 0 Å². The van der Waals surface area contributed by atoms with Gasteiger partial charge in [0.1, 0.15) is 12.4 Å². The maximum atomic E-state index is 14.1. The number of halogens is 1. The van der Waals surface area contributed by atoms with E-state index in [9.17, 15) is 4.39 Å². The van der Waals surface area contributed by atoms with Gasteiger partial charge in [0.05, 0.1) is 7.11 Å². The predicted molar refractivity (Wildman–Crippen MR) is 79.2 cm³/mol. The van der Waals surface area contributed by atoms with Crippen LogP contribution in [0.15, 0.2) is 42.5 Å². The molecule has 0 aliphatic carbocycles. The van der Waals surface area contributed by atoms with Crippen LogP contribution in [0.5, 0.6) is 11.5 Å². The SMILES string of the molecule is COc1cccc(CNC2COc3ccccc3C2)c1F. The number of benzene rings is 2. The van der Waals surface area contributed by atoms with E-state index in [0.717, 1.165) is 12.2 Å². The molecule has 3 rings (SSSR count). The predicted octanol–water partition coefficient (Wildman–Crippen LogP) is 2.93. The van der Waals surface area contributed by atoms with Crippen molar-refractivity contribution in [3.8, 4) is 11.5 Å². The van der Waals surface area contributed by atoms with Crippen molar-refractivity contribution in [1.82, 2.24) is 5.32 Å². The van der Waals surface area contributed by atoms with Gasteiger partial charge in [0.25, 0.3) is 0 Å². The van der Waals surface area contributed by atoms with Crippen molar-refractivity contribution in [3.63, 3.8) is 0 Å². The minimum Gasteiger partial charge on any atom is -0.494 e. The van der Waals surface area contributed by atoms with E-state index >= 15 is 0 Å². The van der Waals surface area contributed by atoms with Gasteiger partial charge in [-0.1, -0.05) is 30.3 Å². The first-order chi connectivity index (χ1) is 10.3. The van der Waals surface area contributed by atoms with Crippen LogP contribution in [0.4, 0.5) is 4.39 Å². The Balaban J connectivity index is 1.64. The van der Waals surface area contributed by atoms with Crippen molar-refractivity contribution in [2.45, 2.75) is 19.0 Å². The lowest BCUT2D eigenvalue weighted by Crippen LogP contribution is -2.39. The lowest BCUT2D eigenvalue weighted by atomic mass is 10.0. The summed E-state index contributed by atoms with van der Waals surface area (Å²) in [5.41, 5.74) is 1.79. The fourth-order valence-corrected chi connectivity index (χ4v) is 2.56. The average molecular weight is 287 g/mol. The first kappa shape index (κ1) is 13.9. The monoisotopic (exact) mass is 287 g/mol. The zero-order valence-corrected chi connectivity index (χ0v) is 11.9. The third kappa shape index (κ3) is 3.00. The number of hydrogen-bond acceptors (Lipinski definition) is 3. The molecular weight excluding hydrogens is 269 g/mol. The molecule has 0 bridgehead atoms. The average Bonchev–Trinajstić information content (AvgIpc) is 2.54. The second kappa shape index (κ2) is 6.14. The van der Waals surface area contributed by atoms with E-state index in [4.69, 9.17) is 9.47 Å². The lowest BCUT2D eigenvalue weighted by Gasteiger charge is -2.26. The van der Waals surface area contributed by atoms with Crippen LogP contribution in [-0.4, -0.2) is 19.8 Å². The molecule has 0 amide bonds. The standard InChI is InChI=1S/C17H18FNO2/c1-20-16-8-4-6-13(17(16)18)10-19-14-9-12-5-2-3-7-15(12)21-11-14/h2-8,14,19H,9-11H2,1H3. The third-order valence-corrected chi connectivity index (χ3v) is 3.72. The normalized spacial score (nSPS) is 17.0. The molecule has 1 aliphatic heterocycles. The van der Waals surface area contributed by atoms with Gasteiger partial charge in [0.2, 0.25) is 0 Å². The summed E-state index contributed by atoms with van der Waals surface area (Å²) in [6, 6.07) is 13.4. The van der Waals surface area contributed by atoms with Crippen molar-refractivity contribution in [3.05, 3.63) is 59.4 Å². The van der Waals surface area contributed by atoms with Gasteiger partial charge in [-0.05, 0) is 24.1 Å². The second-order valence-corrected chi connectivity index (χ2v) is 5.13. The first-order valence-electron chi connectivity index (χ1n) is 7.03. The lowest BCUT2D eigenvalue weighted by molar-refractivity contribution is 0.237. The molecule has 1 unspecified atom stereocenters. The highest BCUT2D eigenvalue weighted by molar-refractivity contribution is 5.36. The van der Waals surface area contributed by atoms with Gasteiger partial charge < -0.3 is 14.8 Å². The maximum absolute atomic E-state index is 14.1. The third-order valence-electron chi connectivity index (χ3n) is 3.72. The molecule has 1 atom stereocenters. The molecule has 110 valence electrons. The minimum absolute atomic E-state index is 0.186. The summed E-state index contributed by atoms with van der Waals surface area (Å²) >= 11 is 0. The Bertz CT molecular complexity index is 630. The molecule has 0 saturated carbocycles. The molecule has 0 spiro atoms. The fraction of sp³-hybridized carbons (Fsp3) is 0.294. The van der Waals surface area contributed by atoms with E-state index in [1.807, 2.05) is 18.2 Å². The molecule has 0 radical (unpaired) electrons. The van der Waals surface area contributed by atoms with Crippen molar-refractivity contribution in [2.75, 3.05) is 13.7 Å². The highest BCUT2D eigenvalue weighted by atomic mass is 19.1. The Morgan fingerprint density at radius 1 is 1.24 bits per heavy atom. The molecule has 3 nitrogen and oxygen atoms in total. The summed E-state index contributed by atoms with van der Waals surface area (Å²) in [5, 5.41) is 3.35. The fourth-order valence-electron chi connectivity index (χ4n) is 2.56. The number of hydrogen-bond donors (Lipinski definition) is 1. The van der Waals surface area contributed by atoms with Crippen LogP contribution < -0.4 is 14.8 Å². The number of rotatable bonds is 4. The van der Waals surface area contributed by atoms with Crippen LogP contribution >= 0.6 is 0 Å². The van der Waals surface area contributed by atoms with Gasteiger partial charge in [-0.25, -0.2) is 4.39 Å². The highest BCUT2D eigenvalue weighted by Crippen LogP contribution is 2.24. The first-order valence-corrected chi connectivity index (χ1v) is 7.03. The van der Waals surface area contributed by atoms with Crippen LogP contribution in [0.2, 0.25) is 0 Å². The van der Waals surface area contributed by atoms with Gasteiger partial charge in [0.15, 0.2) is 11.6 Å². The zero-order valence-electron chi connectivity index (χ0n) is 11.9. The summed E-state index contributed by atoms with van der Waals surface area (Å²) in [4.78, 5) is 0. The molecule has 0 aromatic heterocycles. The maximum Gasteiger partial charge on any atom is 0.169 e. The van der Waals surface area contributed by atoms with Crippen molar-refractivity contribution >= 4 is 0 Å². The number of methoxy groups -OCH3 is 1. The Morgan fingerprint density at radius 3 is 2.95 bits per heavy atom. The molecule has 1 heterocycles. The summed E-state index contributed by atoms with van der Waals surface area (Å²) < 4.78 is 24.8. The summed E-state index contributed by atoms with van der Waals surface area (Å²) in [6.07, 6.45) is 0.891. The molecule has 21 heavy (non-hydrogen) atoms. The number of nitrogens with one attached hydrogen (secondary N) is 1. The van der Waals surface area contributed by atoms with E-state index in [1.165, 1.54) is 12.7 Å². The number of fused-ring (bicyclic) bond motifs is 1. The summed E-state index contributed by atoms with van der Waals surface area (Å²) in [7, 11) is 1.47. The molecule has 1 aliphatic rings. The Morgan fingerprint density at radius 2 is 2.10 bits per heavy atom. The van der Waals surface area contributed by atoms with Crippen molar-refractivity contribution in [2.24, 2.45) is 0 Å². The van der Waals surface area contributed by atoms with Gasteiger partial charge in [-0.3, -0.25) is 0 Å². The van der Waals surface area contributed by atoms with Gasteiger partial charge >= 0.3 is 0 Å². The quantitative estimate of drug-likeness (QED) is 0.938. The van der Waals surface area contributed by atoms with Crippen molar-refractivity contribution < 1.29 is 13.9 Å². The Labute approximate surface area is 123 Å². The largest absolute Gasteiger partial charge is 0.494 e. The molecular formula is C17H18FNO2. The topological polar surface area (TPSA) is 30.5 Å². The zero-order chi connectivity index (χ0) is 14.7. The number of ether oxygens (including phenoxy) is 2. The van der Waals surface area contributed by atoms with Crippen LogP contribution in [0, 0.1) is 5.82 Å². The minimum atomic E-state index is -0.301. The second-order valence-electron chi connectivity index (χ2n) is 5.13. The van der Waals surface area contributed by atoms with E-state index in [-0.39, 0.29) is 17.6 Å².